The Labute approximate surface area is 122 Å². The Hall–Kier alpha value is -2.38. The highest BCUT2D eigenvalue weighted by Gasteiger charge is 2.19. The number of aromatic nitrogens is 2. The first-order chi connectivity index (χ1) is 10.1. The summed E-state index contributed by atoms with van der Waals surface area (Å²) in [5.74, 6) is 0. The van der Waals surface area contributed by atoms with E-state index in [1.54, 1.807) is 36.5 Å². The van der Waals surface area contributed by atoms with E-state index in [4.69, 9.17) is 5.73 Å². The maximum atomic E-state index is 12.5. The predicted molar refractivity (Wildman–Crippen MR) is 81.2 cm³/mol. The summed E-state index contributed by atoms with van der Waals surface area (Å²) in [5.41, 5.74) is 7.44. The van der Waals surface area contributed by atoms with Gasteiger partial charge in [0.05, 0.1) is 0 Å². The Morgan fingerprint density at radius 2 is 2.10 bits per heavy atom. The van der Waals surface area contributed by atoms with Gasteiger partial charge in [-0.25, -0.2) is 13.4 Å². The molecule has 0 saturated carbocycles. The van der Waals surface area contributed by atoms with Crippen molar-refractivity contribution in [3.8, 4) is 0 Å². The van der Waals surface area contributed by atoms with Crippen molar-refractivity contribution >= 4 is 26.7 Å². The summed E-state index contributed by atoms with van der Waals surface area (Å²) < 4.78 is 27.5. The second-order valence-electron chi connectivity index (χ2n) is 4.56. The largest absolute Gasteiger partial charge is 0.345 e. The predicted octanol–water partition coefficient (Wildman–Crippen LogP) is 1.82. The first-order valence-electron chi connectivity index (χ1n) is 6.34. The van der Waals surface area contributed by atoms with Crippen molar-refractivity contribution in [1.82, 2.24) is 9.97 Å². The fourth-order valence-electron chi connectivity index (χ4n) is 2.13. The van der Waals surface area contributed by atoms with Crippen LogP contribution in [0, 0.1) is 0 Å². The molecule has 0 bridgehead atoms. The van der Waals surface area contributed by atoms with Crippen molar-refractivity contribution in [3.05, 3.63) is 54.4 Å². The van der Waals surface area contributed by atoms with E-state index in [9.17, 15) is 8.42 Å². The minimum atomic E-state index is -3.68. The Morgan fingerprint density at radius 3 is 2.90 bits per heavy atom. The van der Waals surface area contributed by atoms with Gasteiger partial charge in [-0.15, -0.1) is 0 Å². The average Bonchev–Trinajstić information content (AvgIpc) is 2.92. The van der Waals surface area contributed by atoms with Crippen LogP contribution >= 0.6 is 0 Å². The molecule has 0 fully saturated rings. The van der Waals surface area contributed by atoms with Crippen LogP contribution in [-0.4, -0.2) is 18.4 Å². The summed E-state index contributed by atoms with van der Waals surface area (Å²) >= 11 is 0. The maximum absolute atomic E-state index is 12.5. The van der Waals surface area contributed by atoms with Gasteiger partial charge in [0, 0.05) is 30.0 Å². The highest BCUT2D eigenvalue weighted by molar-refractivity contribution is 7.93. The lowest BCUT2D eigenvalue weighted by Crippen LogP contribution is -2.13. The Morgan fingerprint density at radius 1 is 1.24 bits per heavy atom. The van der Waals surface area contributed by atoms with Gasteiger partial charge in [0.25, 0.3) is 10.0 Å². The molecule has 0 radical (unpaired) electrons. The van der Waals surface area contributed by atoms with Crippen LogP contribution in [0.3, 0.4) is 0 Å². The van der Waals surface area contributed by atoms with Crippen LogP contribution in [0.15, 0.2) is 53.7 Å². The van der Waals surface area contributed by atoms with E-state index >= 15 is 0 Å². The molecule has 4 N–H and O–H groups in total. The van der Waals surface area contributed by atoms with E-state index in [1.165, 1.54) is 6.20 Å². The summed E-state index contributed by atoms with van der Waals surface area (Å²) in [5, 5.41) is 0.556. The number of aromatic amines is 1. The van der Waals surface area contributed by atoms with Gasteiger partial charge in [0.1, 0.15) is 10.5 Å². The molecule has 7 heteroatoms. The van der Waals surface area contributed by atoms with E-state index in [-0.39, 0.29) is 4.90 Å². The number of sulfonamides is 1. The van der Waals surface area contributed by atoms with Crippen LogP contribution < -0.4 is 10.5 Å². The molecule has 2 aromatic heterocycles. The second kappa shape index (κ2) is 5.19. The summed E-state index contributed by atoms with van der Waals surface area (Å²) in [6, 6.07) is 10.4. The van der Waals surface area contributed by atoms with E-state index < -0.39 is 10.0 Å². The van der Waals surface area contributed by atoms with Crippen LogP contribution in [0.4, 0.5) is 5.69 Å². The molecule has 3 aromatic rings. The Bertz CT molecular complexity index is 887. The molecule has 21 heavy (non-hydrogen) atoms. The molecule has 0 aliphatic heterocycles. The number of nitrogens with zero attached hydrogens (tertiary/aromatic N) is 1. The third kappa shape index (κ3) is 2.61. The van der Waals surface area contributed by atoms with Gasteiger partial charge in [-0.05, 0) is 29.8 Å². The Balaban J connectivity index is 2.00. The van der Waals surface area contributed by atoms with E-state index in [0.717, 1.165) is 5.56 Å². The molecular weight excluding hydrogens is 288 g/mol. The number of fused-ring (bicyclic) bond motifs is 1. The number of benzene rings is 1. The molecule has 3 rings (SSSR count). The van der Waals surface area contributed by atoms with E-state index in [2.05, 4.69) is 14.7 Å². The van der Waals surface area contributed by atoms with Crippen LogP contribution in [0.25, 0.3) is 11.0 Å². The molecule has 108 valence electrons. The molecule has 0 unspecified atom stereocenters. The fourth-order valence-corrected chi connectivity index (χ4v) is 3.34. The van der Waals surface area contributed by atoms with Crippen molar-refractivity contribution < 1.29 is 8.42 Å². The first kappa shape index (κ1) is 13.6. The molecule has 2 heterocycles. The summed E-state index contributed by atoms with van der Waals surface area (Å²) in [6.45, 7) is 0.354. The third-order valence-electron chi connectivity index (χ3n) is 3.12. The number of pyridine rings is 1. The molecule has 6 nitrogen and oxygen atoms in total. The number of anilines is 1. The minimum absolute atomic E-state index is 0.170. The summed E-state index contributed by atoms with van der Waals surface area (Å²) in [6.07, 6.45) is 3.04. The van der Waals surface area contributed by atoms with Gasteiger partial charge in [0.15, 0.2) is 0 Å². The molecule has 1 aromatic carbocycles. The normalized spacial score (nSPS) is 11.7. The van der Waals surface area contributed by atoms with E-state index in [0.29, 0.717) is 23.3 Å². The molecular formula is C14H14N4O2S. The monoisotopic (exact) mass is 302 g/mol. The zero-order chi connectivity index (χ0) is 14.9. The number of nitrogens with one attached hydrogen (secondary N) is 2. The molecule has 0 aliphatic carbocycles. The van der Waals surface area contributed by atoms with Crippen molar-refractivity contribution in [3.63, 3.8) is 0 Å². The molecule has 0 atom stereocenters. The minimum Gasteiger partial charge on any atom is -0.345 e. The zero-order valence-corrected chi connectivity index (χ0v) is 11.9. The van der Waals surface area contributed by atoms with Gasteiger partial charge in [-0.2, -0.15) is 0 Å². The highest BCUT2D eigenvalue weighted by atomic mass is 32.2. The number of hydrogen-bond donors (Lipinski definition) is 3. The number of H-pyrrole nitrogens is 1. The van der Waals surface area contributed by atoms with Crippen LogP contribution in [0.1, 0.15) is 5.56 Å². The summed E-state index contributed by atoms with van der Waals surface area (Å²) in [4.78, 5) is 7.11. The average molecular weight is 302 g/mol. The maximum Gasteiger partial charge on any atom is 0.264 e. The lowest BCUT2D eigenvalue weighted by Gasteiger charge is -2.08. The first-order valence-corrected chi connectivity index (χ1v) is 7.82. The highest BCUT2D eigenvalue weighted by Crippen LogP contribution is 2.23. The number of nitrogens with two attached hydrogens (primary N) is 1. The third-order valence-corrected chi connectivity index (χ3v) is 4.54. The SMILES string of the molecule is NCc1cccc(NS(=O)(=O)c2c[nH]c3ncccc23)c1. The Kier molecular flexibility index (Phi) is 3.36. The smallest absolute Gasteiger partial charge is 0.264 e. The van der Waals surface area contributed by atoms with Gasteiger partial charge in [-0.3, -0.25) is 4.72 Å². The zero-order valence-electron chi connectivity index (χ0n) is 11.1. The van der Waals surface area contributed by atoms with Crippen LogP contribution in [0.2, 0.25) is 0 Å². The molecule has 0 spiro atoms. The lowest BCUT2D eigenvalue weighted by molar-refractivity contribution is 0.602. The number of rotatable bonds is 4. The standard InChI is InChI=1S/C14H14N4O2S/c15-8-10-3-1-4-11(7-10)18-21(19,20)13-9-17-14-12(13)5-2-6-16-14/h1-7,9,18H,8,15H2,(H,16,17). The molecule has 0 aliphatic rings. The van der Waals surface area contributed by atoms with Crippen molar-refractivity contribution in [2.75, 3.05) is 4.72 Å². The van der Waals surface area contributed by atoms with E-state index in [1.807, 2.05) is 6.07 Å². The number of hydrogen-bond acceptors (Lipinski definition) is 4. The fraction of sp³-hybridized carbons (Fsp3) is 0.0714. The molecule has 0 saturated heterocycles. The van der Waals surface area contributed by atoms with Crippen LogP contribution in [-0.2, 0) is 16.6 Å². The van der Waals surface area contributed by atoms with Gasteiger partial charge in [-0.1, -0.05) is 12.1 Å². The van der Waals surface area contributed by atoms with Gasteiger partial charge in [0.2, 0.25) is 0 Å². The van der Waals surface area contributed by atoms with Crippen molar-refractivity contribution in [2.45, 2.75) is 11.4 Å². The topological polar surface area (TPSA) is 101 Å². The second-order valence-corrected chi connectivity index (χ2v) is 6.21. The molecule has 0 amide bonds. The van der Waals surface area contributed by atoms with Crippen LogP contribution in [0.5, 0.6) is 0 Å². The summed E-state index contributed by atoms with van der Waals surface area (Å²) in [7, 11) is -3.68. The lowest BCUT2D eigenvalue weighted by atomic mass is 10.2. The quantitative estimate of drug-likeness (QED) is 0.684. The van der Waals surface area contributed by atoms with Crippen molar-refractivity contribution in [1.29, 1.82) is 0 Å². The van der Waals surface area contributed by atoms with Gasteiger partial charge < -0.3 is 10.7 Å². The van der Waals surface area contributed by atoms with Crippen molar-refractivity contribution in [2.24, 2.45) is 5.73 Å². The van der Waals surface area contributed by atoms with Gasteiger partial charge >= 0.3 is 0 Å².